The van der Waals surface area contributed by atoms with E-state index in [2.05, 4.69) is 14.7 Å². The second-order valence-electron chi connectivity index (χ2n) is 7.95. The number of ether oxygens (including phenoxy) is 1. The first-order valence-electron chi connectivity index (χ1n) is 10.6. The van der Waals surface area contributed by atoms with Crippen molar-refractivity contribution in [3.63, 3.8) is 0 Å². The summed E-state index contributed by atoms with van der Waals surface area (Å²) in [4.78, 5) is 21.6. The lowest BCUT2D eigenvalue weighted by Crippen LogP contribution is -2.31. The Morgan fingerprint density at radius 3 is 2.50 bits per heavy atom. The molecule has 0 radical (unpaired) electrons. The van der Waals surface area contributed by atoms with Gasteiger partial charge < -0.3 is 9.30 Å². The number of rotatable bonds is 7. The Balaban J connectivity index is 1.63. The predicted molar refractivity (Wildman–Crippen MR) is 130 cm³/mol. The Labute approximate surface area is 202 Å². The third-order valence-corrected chi connectivity index (χ3v) is 6.72. The SMILES string of the molecule is Cc1nc2ccc(C(=O)NS(=O)(=O)c3ccccc3)nc2n1Cc1ccc(OC(C)C)cc1Cl. The summed E-state index contributed by atoms with van der Waals surface area (Å²) in [5.74, 6) is 0.521. The largest absolute Gasteiger partial charge is 0.491 e. The maximum atomic E-state index is 12.7. The fourth-order valence-electron chi connectivity index (χ4n) is 3.44. The molecule has 8 nitrogen and oxygen atoms in total. The number of imidazole rings is 1. The molecule has 0 bridgehead atoms. The minimum absolute atomic E-state index is 0.00940. The third kappa shape index (κ3) is 5.05. The topological polar surface area (TPSA) is 103 Å². The summed E-state index contributed by atoms with van der Waals surface area (Å²) in [7, 11) is -4.02. The maximum Gasteiger partial charge on any atom is 0.283 e. The summed E-state index contributed by atoms with van der Waals surface area (Å²) >= 11 is 6.48. The fourth-order valence-corrected chi connectivity index (χ4v) is 4.65. The first-order chi connectivity index (χ1) is 16.1. The molecule has 2 heterocycles. The van der Waals surface area contributed by atoms with Crippen molar-refractivity contribution in [2.45, 2.75) is 38.3 Å². The van der Waals surface area contributed by atoms with Crippen molar-refractivity contribution in [3.05, 3.63) is 82.8 Å². The lowest BCUT2D eigenvalue weighted by atomic mass is 10.2. The van der Waals surface area contributed by atoms with Crippen molar-refractivity contribution in [2.75, 3.05) is 0 Å². The quantitative estimate of drug-likeness (QED) is 0.406. The molecule has 0 aliphatic carbocycles. The van der Waals surface area contributed by atoms with Gasteiger partial charge in [-0.2, -0.15) is 0 Å². The monoisotopic (exact) mass is 498 g/mol. The summed E-state index contributed by atoms with van der Waals surface area (Å²) in [5.41, 5.74) is 1.81. The number of amides is 1. The Hall–Kier alpha value is -3.43. The summed E-state index contributed by atoms with van der Waals surface area (Å²) in [5, 5.41) is 0.530. The van der Waals surface area contributed by atoms with Gasteiger partial charge in [0.05, 0.1) is 17.5 Å². The predicted octanol–water partition coefficient (Wildman–Crippen LogP) is 4.35. The number of halogens is 1. The van der Waals surface area contributed by atoms with E-state index in [-0.39, 0.29) is 16.7 Å². The number of fused-ring (bicyclic) bond motifs is 1. The van der Waals surface area contributed by atoms with E-state index in [0.29, 0.717) is 34.3 Å². The average Bonchev–Trinajstić information content (AvgIpc) is 3.09. The lowest BCUT2D eigenvalue weighted by Gasteiger charge is -2.13. The van der Waals surface area contributed by atoms with Gasteiger partial charge in [-0.05, 0) is 62.7 Å². The molecule has 0 saturated carbocycles. The van der Waals surface area contributed by atoms with Crippen molar-refractivity contribution < 1.29 is 17.9 Å². The Kier molecular flexibility index (Phi) is 6.58. The van der Waals surface area contributed by atoms with Crippen LogP contribution in [-0.2, 0) is 16.6 Å². The molecule has 0 unspecified atom stereocenters. The number of aryl methyl sites for hydroxylation is 1. The number of sulfonamides is 1. The highest BCUT2D eigenvalue weighted by molar-refractivity contribution is 7.90. The van der Waals surface area contributed by atoms with Crippen LogP contribution in [0.25, 0.3) is 11.2 Å². The van der Waals surface area contributed by atoms with Crippen molar-refractivity contribution in [3.8, 4) is 5.75 Å². The van der Waals surface area contributed by atoms with E-state index < -0.39 is 15.9 Å². The van der Waals surface area contributed by atoms with Crippen LogP contribution in [0.5, 0.6) is 5.75 Å². The number of carbonyl (C=O) groups excluding carboxylic acids is 1. The first kappa shape index (κ1) is 23.7. The molecular weight excluding hydrogens is 476 g/mol. The Bertz CT molecular complexity index is 1470. The molecule has 0 saturated heterocycles. The van der Waals surface area contributed by atoms with Gasteiger partial charge >= 0.3 is 0 Å². The Morgan fingerprint density at radius 1 is 1.09 bits per heavy atom. The van der Waals surface area contributed by atoms with Gasteiger partial charge in [-0.15, -0.1) is 0 Å². The number of nitrogens with zero attached hydrogens (tertiary/aromatic N) is 3. The molecule has 0 atom stereocenters. The van der Waals surface area contributed by atoms with E-state index in [1.807, 2.05) is 37.5 Å². The number of nitrogens with one attached hydrogen (secondary N) is 1. The fraction of sp³-hybridized carbons (Fsp3) is 0.208. The van der Waals surface area contributed by atoms with Gasteiger partial charge in [0.25, 0.3) is 15.9 Å². The smallest absolute Gasteiger partial charge is 0.283 e. The van der Waals surface area contributed by atoms with Gasteiger partial charge in [0.2, 0.25) is 0 Å². The van der Waals surface area contributed by atoms with Crippen LogP contribution in [-0.4, -0.2) is 35.0 Å². The van der Waals surface area contributed by atoms with Crippen molar-refractivity contribution >= 4 is 38.7 Å². The van der Waals surface area contributed by atoms with Gasteiger partial charge in [-0.25, -0.2) is 23.1 Å². The zero-order valence-electron chi connectivity index (χ0n) is 18.8. The summed E-state index contributed by atoms with van der Waals surface area (Å²) in [6, 6.07) is 16.2. The van der Waals surface area contributed by atoms with Crippen LogP contribution in [0.2, 0.25) is 5.02 Å². The highest BCUT2D eigenvalue weighted by Gasteiger charge is 2.21. The van der Waals surface area contributed by atoms with E-state index in [1.165, 1.54) is 18.2 Å². The molecular formula is C24H23ClN4O4S. The normalized spacial score (nSPS) is 11.7. The molecule has 2 aromatic heterocycles. The van der Waals surface area contributed by atoms with Crippen LogP contribution in [0.3, 0.4) is 0 Å². The van der Waals surface area contributed by atoms with Crippen molar-refractivity contribution in [1.82, 2.24) is 19.3 Å². The van der Waals surface area contributed by atoms with Gasteiger partial charge in [0, 0.05) is 5.02 Å². The van der Waals surface area contributed by atoms with Crippen molar-refractivity contribution in [2.24, 2.45) is 0 Å². The minimum atomic E-state index is -4.02. The van der Waals surface area contributed by atoms with Gasteiger partial charge in [-0.1, -0.05) is 35.9 Å². The van der Waals surface area contributed by atoms with Crippen LogP contribution in [0, 0.1) is 6.92 Å². The molecule has 10 heteroatoms. The zero-order chi connectivity index (χ0) is 24.5. The summed E-state index contributed by atoms with van der Waals surface area (Å²) in [6.45, 7) is 6.07. The lowest BCUT2D eigenvalue weighted by molar-refractivity contribution is 0.0977. The molecule has 4 aromatic rings. The first-order valence-corrected chi connectivity index (χ1v) is 12.4. The number of aromatic nitrogens is 3. The number of hydrogen-bond donors (Lipinski definition) is 1. The highest BCUT2D eigenvalue weighted by Crippen LogP contribution is 2.26. The van der Waals surface area contributed by atoms with Crippen molar-refractivity contribution in [1.29, 1.82) is 0 Å². The highest BCUT2D eigenvalue weighted by atomic mass is 35.5. The molecule has 0 fully saturated rings. The third-order valence-electron chi connectivity index (χ3n) is 5.02. The number of hydrogen-bond acceptors (Lipinski definition) is 6. The van der Waals surface area contributed by atoms with Crippen LogP contribution < -0.4 is 9.46 Å². The molecule has 0 spiro atoms. The number of carbonyl (C=O) groups is 1. The summed E-state index contributed by atoms with van der Waals surface area (Å²) < 4.78 is 34.6. The van der Waals surface area contributed by atoms with Gasteiger partial charge in [0.15, 0.2) is 5.65 Å². The zero-order valence-corrected chi connectivity index (χ0v) is 20.4. The Morgan fingerprint density at radius 2 is 1.82 bits per heavy atom. The molecule has 34 heavy (non-hydrogen) atoms. The molecule has 0 aliphatic rings. The molecule has 1 amide bonds. The second-order valence-corrected chi connectivity index (χ2v) is 10.0. The van der Waals surface area contributed by atoms with E-state index >= 15 is 0 Å². The molecule has 2 aromatic carbocycles. The van der Waals surface area contributed by atoms with Crippen LogP contribution in [0.15, 0.2) is 65.6 Å². The standard InChI is InChI=1S/C24H23ClN4O4S/c1-15(2)33-18-10-9-17(20(25)13-18)14-29-16(3)26-21-11-12-22(27-23(21)29)24(30)28-34(31,32)19-7-5-4-6-8-19/h4-13,15H,14H2,1-3H3,(H,28,30). The average molecular weight is 499 g/mol. The van der Waals surface area contributed by atoms with E-state index in [9.17, 15) is 13.2 Å². The molecule has 176 valence electrons. The summed E-state index contributed by atoms with van der Waals surface area (Å²) in [6.07, 6.45) is 0.0289. The van der Waals surface area contributed by atoms with Crippen LogP contribution in [0.4, 0.5) is 0 Å². The van der Waals surface area contributed by atoms with Crippen LogP contribution >= 0.6 is 11.6 Å². The van der Waals surface area contributed by atoms with Crippen LogP contribution in [0.1, 0.15) is 35.7 Å². The van der Waals surface area contributed by atoms with Gasteiger partial charge in [-0.3, -0.25) is 4.79 Å². The van der Waals surface area contributed by atoms with E-state index in [4.69, 9.17) is 16.3 Å². The number of benzene rings is 2. The van der Waals surface area contributed by atoms with E-state index in [1.54, 1.807) is 30.3 Å². The minimum Gasteiger partial charge on any atom is -0.491 e. The maximum absolute atomic E-state index is 12.7. The molecule has 0 aliphatic heterocycles. The molecule has 1 N–H and O–H groups in total. The van der Waals surface area contributed by atoms with Gasteiger partial charge in [0.1, 0.15) is 22.8 Å². The second kappa shape index (κ2) is 9.44. The van der Waals surface area contributed by atoms with E-state index in [0.717, 1.165) is 5.56 Å². The molecule has 4 rings (SSSR count). The number of pyridine rings is 1.